The number of hydrogen-bond donors (Lipinski definition) is 0. The van der Waals surface area contributed by atoms with E-state index in [4.69, 9.17) is 5.53 Å². The summed E-state index contributed by atoms with van der Waals surface area (Å²) in [5.74, 6) is 0.698. The van der Waals surface area contributed by atoms with Gasteiger partial charge in [-0.3, -0.25) is 0 Å². The van der Waals surface area contributed by atoms with Crippen molar-refractivity contribution in [3.05, 3.63) is 10.4 Å². The van der Waals surface area contributed by atoms with Gasteiger partial charge in [0, 0.05) is 11.0 Å². The van der Waals surface area contributed by atoms with E-state index in [9.17, 15) is 0 Å². The summed E-state index contributed by atoms with van der Waals surface area (Å²) in [5, 5.41) is 3.81. The Morgan fingerprint density at radius 3 is 2.58 bits per heavy atom. The van der Waals surface area contributed by atoms with Crippen LogP contribution in [0.1, 0.15) is 40.0 Å². The van der Waals surface area contributed by atoms with E-state index in [1.165, 1.54) is 6.42 Å². The van der Waals surface area contributed by atoms with Gasteiger partial charge in [0.25, 0.3) is 0 Å². The van der Waals surface area contributed by atoms with E-state index in [0.29, 0.717) is 11.3 Å². The van der Waals surface area contributed by atoms with E-state index in [1.807, 2.05) is 0 Å². The van der Waals surface area contributed by atoms with Gasteiger partial charge in [-0.15, -0.1) is 0 Å². The number of hydrogen-bond acceptors (Lipinski definition) is 1. The Kier molecular flexibility index (Phi) is 2.63. The highest BCUT2D eigenvalue weighted by Crippen LogP contribution is 2.39. The van der Waals surface area contributed by atoms with Gasteiger partial charge < -0.3 is 0 Å². The summed E-state index contributed by atoms with van der Waals surface area (Å²) >= 11 is 0. The Morgan fingerprint density at radius 2 is 2.08 bits per heavy atom. The lowest BCUT2D eigenvalue weighted by Crippen LogP contribution is -2.29. The van der Waals surface area contributed by atoms with Crippen LogP contribution in [0.4, 0.5) is 0 Å². The van der Waals surface area contributed by atoms with Crippen LogP contribution in [0, 0.1) is 11.3 Å². The van der Waals surface area contributed by atoms with Crippen LogP contribution in [-0.4, -0.2) is 6.04 Å². The first-order valence-corrected chi connectivity index (χ1v) is 4.58. The van der Waals surface area contributed by atoms with Crippen molar-refractivity contribution in [2.45, 2.75) is 46.1 Å². The van der Waals surface area contributed by atoms with E-state index in [1.54, 1.807) is 0 Å². The third kappa shape index (κ3) is 2.42. The summed E-state index contributed by atoms with van der Waals surface area (Å²) in [6.07, 6.45) is 3.36. The fourth-order valence-corrected chi connectivity index (χ4v) is 2.46. The molecule has 1 fully saturated rings. The predicted molar refractivity (Wildman–Crippen MR) is 49.7 cm³/mol. The summed E-state index contributed by atoms with van der Waals surface area (Å²) in [6.45, 7) is 6.74. The predicted octanol–water partition coefficient (Wildman–Crippen LogP) is 3.51. The molecule has 12 heavy (non-hydrogen) atoms. The van der Waals surface area contributed by atoms with E-state index in [2.05, 4.69) is 30.8 Å². The molecule has 1 aliphatic rings. The van der Waals surface area contributed by atoms with E-state index >= 15 is 0 Å². The molecule has 0 radical (unpaired) electrons. The van der Waals surface area contributed by atoms with Crippen LogP contribution in [-0.2, 0) is 0 Å². The van der Waals surface area contributed by atoms with Gasteiger partial charge in [-0.2, -0.15) is 0 Å². The number of rotatable bonds is 1. The van der Waals surface area contributed by atoms with Crippen LogP contribution in [0.3, 0.4) is 0 Å². The van der Waals surface area contributed by atoms with Gasteiger partial charge in [-0.05, 0) is 36.1 Å². The molecule has 3 nitrogen and oxygen atoms in total. The molecule has 1 rings (SSSR count). The number of nitrogens with zero attached hydrogens (tertiary/aromatic N) is 3. The highest BCUT2D eigenvalue weighted by atomic mass is 15.1. The lowest BCUT2D eigenvalue weighted by Gasteiger charge is -2.37. The summed E-state index contributed by atoms with van der Waals surface area (Å²) in [5.41, 5.74) is 8.69. The second kappa shape index (κ2) is 3.36. The molecule has 0 heterocycles. The monoisotopic (exact) mass is 167 g/mol. The van der Waals surface area contributed by atoms with Gasteiger partial charge in [0.05, 0.1) is 0 Å². The van der Waals surface area contributed by atoms with Crippen molar-refractivity contribution in [2.24, 2.45) is 16.4 Å². The van der Waals surface area contributed by atoms with Crippen molar-refractivity contribution < 1.29 is 0 Å². The minimum Gasteiger partial charge on any atom is -0.0906 e. The molecule has 0 bridgehead atoms. The summed E-state index contributed by atoms with van der Waals surface area (Å²) in [6, 6.07) is 0.230. The average Bonchev–Trinajstić information content (AvgIpc) is 1.82. The van der Waals surface area contributed by atoms with E-state index in [0.717, 1.165) is 12.8 Å². The lowest BCUT2D eigenvalue weighted by atomic mass is 9.71. The van der Waals surface area contributed by atoms with Crippen LogP contribution in [0.2, 0.25) is 0 Å². The zero-order valence-corrected chi connectivity index (χ0v) is 8.12. The standard InChI is InChI=1S/C9H17N3/c1-7-4-8(11-12-10)6-9(2,3)5-7/h7-8H,4-6H2,1-3H3/t7-,8+/m0/s1. The topological polar surface area (TPSA) is 48.8 Å². The van der Waals surface area contributed by atoms with Gasteiger partial charge in [-0.25, -0.2) is 0 Å². The molecule has 0 amide bonds. The highest BCUT2D eigenvalue weighted by molar-refractivity contribution is 4.86. The van der Waals surface area contributed by atoms with Crippen LogP contribution in [0.25, 0.3) is 10.4 Å². The maximum absolute atomic E-state index is 8.33. The maximum atomic E-state index is 8.33. The minimum atomic E-state index is 0.230. The quantitative estimate of drug-likeness (QED) is 0.326. The van der Waals surface area contributed by atoms with Crippen LogP contribution in [0.5, 0.6) is 0 Å². The molecule has 1 saturated carbocycles. The fraction of sp³-hybridized carbons (Fsp3) is 1.00. The van der Waals surface area contributed by atoms with Crippen molar-refractivity contribution in [2.75, 3.05) is 0 Å². The Balaban J connectivity index is 2.63. The summed E-state index contributed by atoms with van der Waals surface area (Å²) in [7, 11) is 0. The molecule has 0 spiro atoms. The molecule has 0 aliphatic heterocycles. The zero-order chi connectivity index (χ0) is 9.19. The molecule has 0 aromatic carbocycles. The molecular formula is C9H17N3. The second-order valence-electron chi connectivity index (χ2n) is 4.77. The highest BCUT2D eigenvalue weighted by Gasteiger charge is 2.31. The first-order valence-electron chi connectivity index (χ1n) is 4.58. The van der Waals surface area contributed by atoms with Crippen LogP contribution in [0.15, 0.2) is 5.11 Å². The molecule has 2 atom stereocenters. The Hall–Kier alpha value is -0.690. The van der Waals surface area contributed by atoms with Crippen molar-refractivity contribution in [3.8, 4) is 0 Å². The molecule has 3 heteroatoms. The van der Waals surface area contributed by atoms with E-state index < -0.39 is 0 Å². The third-order valence-corrected chi connectivity index (χ3v) is 2.58. The second-order valence-corrected chi connectivity index (χ2v) is 4.77. The van der Waals surface area contributed by atoms with Gasteiger partial charge in [0.15, 0.2) is 0 Å². The maximum Gasteiger partial charge on any atom is 0.0381 e. The SMILES string of the molecule is C[C@H]1C[C@@H](N=[N+]=[N-])CC(C)(C)C1. The smallest absolute Gasteiger partial charge is 0.0381 e. The molecule has 0 unspecified atom stereocenters. The Bertz CT molecular complexity index is 204. The lowest BCUT2D eigenvalue weighted by molar-refractivity contribution is 0.170. The van der Waals surface area contributed by atoms with Crippen LogP contribution < -0.4 is 0 Å². The van der Waals surface area contributed by atoms with Crippen molar-refractivity contribution in [1.82, 2.24) is 0 Å². The zero-order valence-electron chi connectivity index (χ0n) is 8.12. The molecule has 68 valence electrons. The molecule has 0 N–H and O–H groups in total. The normalized spacial score (nSPS) is 33.9. The Labute approximate surface area is 73.8 Å². The first-order chi connectivity index (χ1) is 5.53. The summed E-state index contributed by atoms with van der Waals surface area (Å²) < 4.78 is 0. The van der Waals surface area contributed by atoms with Gasteiger partial charge in [0.2, 0.25) is 0 Å². The van der Waals surface area contributed by atoms with Gasteiger partial charge >= 0.3 is 0 Å². The van der Waals surface area contributed by atoms with Gasteiger partial charge in [-0.1, -0.05) is 25.9 Å². The molecule has 1 aliphatic carbocycles. The first kappa shape index (κ1) is 9.40. The van der Waals surface area contributed by atoms with Crippen LogP contribution >= 0.6 is 0 Å². The Morgan fingerprint density at radius 1 is 1.42 bits per heavy atom. The van der Waals surface area contributed by atoms with Crippen molar-refractivity contribution >= 4 is 0 Å². The molecule has 0 aromatic rings. The molecule has 0 aromatic heterocycles. The third-order valence-electron chi connectivity index (χ3n) is 2.58. The fourth-order valence-electron chi connectivity index (χ4n) is 2.46. The van der Waals surface area contributed by atoms with Crippen molar-refractivity contribution in [1.29, 1.82) is 0 Å². The largest absolute Gasteiger partial charge is 0.0906 e. The van der Waals surface area contributed by atoms with Crippen molar-refractivity contribution in [3.63, 3.8) is 0 Å². The molecule has 0 saturated heterocycles. The minimum absolute atomic E-state index is 0.230. The average molecular weight is 167 g/mol. The van der Waals surface area contributed by atoms with Gasteiger partial charge in [0.1, 0.15) is 0 Å². The van der Waals surface area contributed by atoms with E-state index in [-0.39, 0.29) is 6.04 Å². The molecular weight excluding hydrogens is 150 g/mol. The number of azide groups is 1. The summed E-state index contributed by atoms with van der Waals surface area (Å²) in [4.78, 5) is 2.88.